The van der Waals surface area contributed by atoms with Crippen LogP contribution in [0.3, 0.4) is 0 Å². The lowest BCUT2D eigenvalue weighted by Crippen LogP contribution is -2.21. The van der Waals surface area contributed by atoms with Gasteiger partial charge in [0.25, 0.3) is 5.91 Å². The predicted octanol–water partition coefficient (Wildman–Crippen LogP) is 4.01. The van der Waals surface area contributed by atoms with E-state index in [-0.39, 0.29) is 5.69 Å². The molecule has 0 spiro atoms. The minimum Gasteiger partial charge on any atom is -0.451 e. The average Bonchev–Trinajstić information content (AvgIpc) is 3.09. The zero-order valence-corrected chi connectivity index (χ0v) is 15.2. The van der Waals surface area contributed by atoms with Crippen molar-refractivity contribution in [1.29, 1.82) is 0 Å². The van der Waals surface area contributed by atoms with Crippen LogP contribution in [0.4, 0.5) is 5.69 Å². The number of anilines is 1. The number of aromatic nitrogens is 1. The molecule has 0 atom stereocenters. The van der Waals surface area contributed by atoms with Gasteiger partial charge in [-0.15, -0.1) is 0 Å². The number of carbonyl (C=O) groups excluding carboxylic acids is 2. The molecule has 3 aromatic rings. The van der Waals surface area contributed by atoms with E-state index in [2.05, 4.69) is 10.3 Å². The van der Waals surface area contributed by atoms with E-state index in [1.54, 1.807) is 13.0 Å². The second kappa shape index (κ2) is 8.31. The van der Waals surface area contributed by atoms with Crippen molar-refractivity contribution < 1.29 is 18.7 Å². The Balaban J connectivity index is 1.60. The summed E-state index contributed by atoms with van der Waals surface area (Å²) in [6.07, 6.45) is 0.869. The summed E-state index contributed by atoms with van der Waals surface area (Å²) >= 11 is 0. The normalized spacial score (nSPS) is 10.4. The summed E-state index contributed by atoms with van der Waals surface area (Å²) in [5.41, 5.74) is 2.60. The molecule has 1 amide bonds. The molecule has 0 unspecified atom stereocenters. The molecule has 27 heavy (non-hydrogen) atoms. The molecular formula is C21H20N2O4. The number of nitrogens with one attached hydrogen (secondary N) is 1. The van der Waals surface area contributed by atoms with Gasteiger partial charge in [-0.1, -0.05) is 37.3 Å². The van der Waals surface area contributed by atoms with Crippen molar-refractivity contribution in [3.63, 3.8) is 0 Å². The number of hydrogen-bond acceptors (Lipinski definition) is 5. The van der Waals surface area contributed by atoms with Crippen LogP contribution in [0.15, 0.2) is 59.0 Å². The molecule has 0 radical (unpaired) electrons. The van der Waals surface area contributed by atoms with Gasteiger partial charge in [-0.25, -0.2) is 9.78 Å². The van der Waals surface area contributed by atoms with Crippen LogP contribution in [-0.2, 0) is 16.0 Å². The maximum atomic E-state index is 12.2. The Morgan fingerprint density at radius 2 is 1.89 bits per heavy atom. The molecule has 1 aromatic heterocycles. The lowest BCUT2D eigenvalue weighted by Gasteiger charge is -2.07. The summed E-state index contributed by atoms with van der Waals surface area (Å²) in [5.74, 6) is -0.437. The number of nitrogens with zero attached hydrogens (tertiary/aromatic N) is 1. The maximum absolute atomic E-state index is 12.2. The Morgan fingerprint density at radius 3 is 2.63 bits per heavy atom. The fourth-order valence-electron chi connectivity index (χ4n) is 2.56. The molecule has 0 bridgehead atoms. The number of rotatable bonds is 6. The minimum atomic E-state index is -0.698. The Kier molecular flexibility index (Phi) is 5.66. The summed E-state index contributed by atoms with van der Waals surface area (Å²) in [5, 5.41) is 2.71. The highest BCUT2D eigenvalue weighted by Crippen LogP contribution is 2.21. The first-order chi connectivity index (χ1) is 13.1. The molecule has 0 aliphatic carbocycles. The van der Waals surface area contributed by atoms with Crippen molar-refractivity contribution in [2.75, 3.05) is 11.9 Å². The Hall–Kier alpha value is -3.41. The first kappa shape index (κ1) is 18.4. The number of amides is 1. The van der Waals surface area contributed by atoms with Crippen molar-refractivity contribution in [2.45, 2.75) is 20.3 Å². The number of oxazole rings is 1. The maximum Gasteiger partial charge on any atom is 0.361 e. The Labute approximate surface area is 157 Å². The number of aryl methyl sites for hydroxylation is 2. The molecule has 0 aliphatic rings. The number of hydrogen-bond donors (Lipinski definition) is 1. The van der Waals surface area contributed by atoms with E-state index < -0.39 is 18.5 Å². The Bertz CT molecular complexity index is 948. The minimum absolute atomic E-state index is 0.0645. The van der Waals surface area contributed by atoms with Gasteiger partial charge in [-0.05, 0) is 43.2 Å². The fourth-order valence-corrected chi connectivity index (χ4v) is 2.56. The highest BCUT2D eigenvalue weighted by molar-refractivity contribution is 5.95. The van der Waals surface area contributed by atoms with Crippen LogP contribution in [-0.4, -0.2) is 23.5 Å². The number of ether oxygens (including phenoxy) is 1. The zero-order valence-electron chi connectivity index (χ0n) is 15.2. The second-order valence-corrected chi connectivity index (χ2v) is 5.97. The predicted molar refractivity (Wildman–Crippen MR) is 101 cm³/mol. The number of esters is 1. The van der Waals surface area contributed by atoms with E-state index in [0.29, 0.717) is 17.3 Å². The van der Waals surface area contributed by atoms with E-state index in [1.807, 2.05) is 55.5 Å². The molecule has 2 aromatic carbocycles. The SMILES string of the molecule is CCc1cccc(NC(=O)COC(=O)c2nc(-c3ccccc3)oc2C)c1. The first-order valence-corrected chi connectivity index (χ1v) is 8.65. The van der Waals surface area contributed by atoms with Gasteiger partial charge in [0.05, 0.1) is 0 Å². The molecule has 1 N–H and O–H groups in total. The van der Waals surface area contributed by atoms with Crippen molar-refractivity contribution >= 4 is 17.6 Å². The smallest absolute Gasteiger partial charge is 0.361 e. The van der Waals surface area contributed by atoms with Crippen LogP contribution in [0.5, 0.6) is 0 Å². The van der Waals surface area contributed by atoms with Gasteiger partial charge in [-0.3, -0.25) is 4.79 Å². The monoisotopic (exact) mass is 364 g/mol. The third kappa shape index (κ3) is 4.61. The second-order valence-electron chi connectivity index (χ2n) is 5.97. The van der Waals surface area contributed by atoms with E-state index in [0.717, 1.165) is 17.5 Å². The quantitative estimate of drug-likeness (QED) is 0.669. The van der Waals surface area contributed by atoms with Crippen LogP contribution in [0.2, 0.25) is 0 Å². The molecule has 0 aliphatic heterocycles. The summed E-state index contributed by atoms with van der Waals surface area (Å²) in [6.45, 7) is 3.27. The van der Waals surface area contributed by atoms with Gasteiger partial charge in [0, 0.05) is 11.3 Å². The van der Waals surface area contributed by atoms with Gasteiger partial charge in [0.2, 0.25) is 5.89 Å². The molecule has 1 heterocycles. The first-order valence-electron chi connectivity index (χ1n) is 8.65. The fraction of sp³-hybridized carbons (Fsp3) is 0.190. The molecule has 3 rings (SSSR count). The van der Waals surface area contributed by atoms with Gasteiger partial charge < -0.3 is 14.5 Å². The molecular weight excluding hydrogens is 344 g/mol. The third-order valence-corrected chi connectivity index (χ3v) is 3.96. The van der Waals surface area contributed by atoms with Crippen LogP contribution < -0.4 is 5.32 Å². The van der Waals surface area contributed by atoms with Crippen molar-refractivity contribution in [3.05, 3.63) is 71.6 Å². The summed E-state index contributed by atoms with van der Waals surface area (Å²) < 4.78 is 10.6. The summed E-state index contributed by atoms with van der Waals surface area (Å²) in [4.78, 5) is 28.5. The van der Waals surface area contributed by atoms with E-state index in [4.69, 9.17) is 9.15 Å². The van der Waals surface area contributed by atoms with Crippen LogP contribution in [0, 0.1) is 6.92 Å². The molecule has 138 valence electrons. The average molecular weight is 364 g/mol. The standard InChI is InChI=1S/C21H20N2O4/c1-3-15-8-7-11-17(12-15)22-18(24)13-26-21(25)19-14(2)27-20(23-19)16-9-5-4-6-10-16/h4-12H,3,13H2,1-2H3,(H,22,24). The number of benzene rings is 2. The van der Waals surface area contributed by atoms with E-state index >= 15 is 0 Å². The van der Waals surface area contributed by atoms with Gasteiger partial charge in [0.1, 0.15) is 5.76 Å². The molecule has 0 saturated heterocycles. The lowest BCUT2D eigenvalue weighted by atomic mass is 10.1. The van der Waals surface area contributed by atoms with Crippen molar-refractivity contribution in [3.8, 4) is 11.5 Å². The van der Waals surface area contributed by atoms with Crippen LogP contribution in [0.1, 0.15) is 28.7 Å². The molecule has 6 heteroatoms. The third-order valence-electron chi connectivity index (χ3n) is 3.96. The van der Waals surface area contributed by atoms with Gasteiger partial charge >= 0.3 is 5.97 Å². The van der Waals surface area contributed by atoms with Crippen molar-refractivity contribution in [2.24, 2.45) is 0 Å². The van der Waals surface area contributed by atoms with Crippen LogP contribution >= 0.6 is 0 Å². The summed E-state index contributed by atoms with van der Waals surface area (Å²) in [6, 6.07) is 16.8. The molecule has 0 fully saturated rings. The van der Waals surface area contributed by atoms with Gasteiger partial charge in [-0.2, -0.15) is 0 Å². The topological polar surface area (TPSA) is 81.4 Å². The van der Waals surface area contributed by atoms with Crippen LogP contribution in [0.25, 0.3) is 11.5 Å². The number of carbonyl (C=O) groups is 2. The highest BCUT2D eigenvalue weighted by Gasteiger charge is 2.20. The zero-order chi connectivity index (χ0) is 19.2. The van der Waals surface area contributed by atoms with Crippen molar-refractivity contribution in [1.82, 2.24) is 4.98 Å². The largest absolute Gasteiger partial charge is 0.451 e. The highest BCUT2D eigenvalue weighted by atomic mass is 16.5. The van der Waals surface area contributed by atoms with Gasteiger partial charge in [0.15, 0.2) is 12.3 Å². The molecule has 6 nitrogen and oxygen atoms in total. The summed E-state index contributed by atoms with van der Waals surface area (Å²) in [7, 11) is 0. The van der Waals surface area contributed by atoms with E-state index in [9.17, 15) is 9.59 Å². The molecule has 0 saturated carbocycles. The Morgan fingerprint density at radius 1 is 1.11 bits per heavy atom. The lowest BCUT2D eigenvalue weighted by molar-refractivity contribution is -0.119. The van der Waals surface area contributed by atoms with E-state index in [1.165, 1.54) is 0 Å².